The third-order valence-electron chi connectivity index (χ3n) is 6.25. The minimum atomic E-state index is -0.103. The highest BCUT2D eigenvalue weighted by atomic mass is 16.1. The molecule has 0 bridgehead atoms. The van der Waals surface area contributed by atoms with Gasteiger partial charge in [-0.15, -0.1) is 0 Å². The van der Waals surface area contributed by atoms with Gasteiger partial charge in [0.2, 0.25) is 5.91 Å². The van der Waals surface area contributed by atoms with Gasteiger partial charge in [-0.3, -0.25) is 14.2 Å². The summed E-state index contributed by atoms with van der Waals surface area (Å²) in [6.07, 6.45) is 11.2. The first-order valence-electron chi connectivity index (χ1n) is 11.3. The fraction of sp³-hybridized carbons (Fsp3) is 0.500. The minimum absolute atomic E-state index is 0.0930. The number of benzene rings is 1. The predicted molar refractivity (Wildman–Crippen MR) is 121 cm³/mol. The van der Waals surface area contributed by atoms with Gasteiger partial charge in [-0.1, -0.05) is 61.9 Å². The molecule has 0 saturated heterocycles. The summed E-state index contributed by atoms with van der Waals surface area (Å²) in [5, 5.41) is 7.80. The minimum Gasteiger partial charge on any atom is -0.354 e. The van der Waals surface area contributed by atoms with Crippen molar-refractivity contribution < 1.29 is 4.79 Å². The summed E-state index contributed by atoms with van der Waals surface area (Å²) < 4.78 is 3.29. The van der Waals surface area contributed by atoms with Crippen LogP contribution in [0.15, 0.2) is 41.6 Å². The maximum absolute atomic E-state index is 12.8. The van der Waals surface area contributed by atoms with Crippen molar-refractivity contribution in [3.8, 4) is 0 Å². The highest BCUT2D eigenvalue weighted by Crippen LogP contribution is 2.27. The van der Waals surface area contributed by atoms with E-state index in [1.54, 1.807) is 21.8 Å². The first-order chi connectivity index (χ1) is 15.1. The molecule has 0 radical (unpaired) electrons. The number of aryl methyl sites for hydroxylation is 1. The Morgan fingerprint density at radius 3 is 2.71 bits per heavy atom. The first kappa shape index (κ1) is 21.3. The van der Waals surface area contributed by atoms with Crippen molar-refractivity contribution in [1.82, 2.24) is 24.6 Å². The molecule has 164 valence electrons. The highest BCUT2D eigenvalue weighted by Gasteiger charge is 2.15. The molecule has 1 aliphatic rings. The molecule has 0 aliphatic heterocycles. The van der Waals surface area contributed by atoms with Crippen molar-refractivity contribution in [3.05, 3.63) is 58.3 Å². The summed E-state index contributed by atoms with van der Waals surface area (Å²) in [6.45, 7) is 3.49. The van der Waals surface area contributed by atoms with Crippen LogP contribution in [0, 0.1) is 12.8 Å². The van der Waals surface area contributed by atoms with E-state index >= 15 is 0 Å². The van der Waals surface area contributed by atoms with Gasteiger partial charge in [-0.05, 0) is 24.8 Å². The summed E-state index contributed by atoms with van der Waals surface area (Å²) in [6, 6.07) is 8.11. The first-order valence-corrected chi connectivity index (χ1v) is 11.3. The van der Waals surface area contributed by atoms with E-state index in [2.05, 4.69) is 15.4 Å². The number of fused-ring (bicyclic) bond motifs is 1. The van der Waals surface area contributed by atoms with Gasteiger partial charge in [0.15, 0.2) is 5.65 Å². The van der Waals surface area contributed by atoms with Crippen LogP contribution in [0.25, 0.3) is 11.0 Å². The molecule has 1 saturated carbocycles. The van der Waals surface area contributed by atoms with Gasteiger partial charge in [0, 0.05) is 13.0 Å². The molecule has 7 heteroatoms. The van der Waals surface area contributed by atoms with Crippen molar-refractivity contribution in [2.75, 3.05) is 6.54 Å². The van der Waals surface area contributed by atoms with Crippen LogP contribution in [0.4, 0.5) is 0 Å². The lowest BCUT2D eigenvalue weighted by Crippen LogP contribution is -2.28. The summed E-state index contributed by atoms with van der Waals surface area (Å²) in [4.78, 5) is 29.5. The maximum atomic E-state index is 12.8. The Morgan fingerprint density at radius 1 is 1.16 bits per heavy atom. The zero-order chi connectivity index (χ0) is 21.6. The van der Waals surface area contributed by atoms with Crippen molar-refractivity contribution >= 4 is 16.9 Å². The van der Waals surface area contributed by atoms with E-state index in [4.69, 9.17) is 0 Å². The van der Waals surface area contributed by atoms with Crippen LogP contribution in [0.2, 0.25) is 0 Å². The standard InChI is InChI=1S/C24H31N5O2/c1-18-7-9-20(10-8-18)16-28-17-26-23-21(24(28)31)15-27-29(23)14-13-25-22(30)12-11-19-5-3-2-4-6-19/h7-10,15,17,19H,2-6,11-14,16H2,1H3,(H,25,30). The number of aromatic nitrogens is 4. The molecule has 3 aromatic rings. The highest BCUT2D eigenvalue weighted by molar-refractivity contribution is 5.76. The van der Waals surface area contributed by atoms with Crippen LogP contribution in [-0.2, 0) is 17.9 Å². The third-order valence-corrected chi connectivity index (χ3v) is 6.25. The maximum Gasteiger partial charge on any atom is 0.264 e. The Morgan fingerprint density at radius 2 is 1.94 bits per heavy atom. The second-order valence-electron chi connectivity index (χ2n) is 8.66. The molecule has 7 nitrogen and oxygen atoms in total. The number of carbonyl (C=O) groups is 1. The van der Waals surface area contributed by atoms with Crippen LogP contribution in [0.5, 0.6) is 0 Å². The van der Waals surface area contributed by atoms with Gasteiger partial charge in [-0.2, -0.15) is 5.10 Å². The quantitative estimate of drug-likeness (QED) is 0.604. The number of hydrogen-bond acceptors (Lipinski definition) is 4. The summed E-state index contributed by atoms with van der Waals surface area (Å²) in [5.41, 5.74) is 2.69. The molecule has 0 spiro atoms. The van der Waals surface area contributed by atoms with Crippen LogP contribution < -0.4 is 10.9 Å². The van der Waals surface area contributed by atoms with Gasteiger partial charge in [0.25, 0.3) is 5.56 Å². The van der Waals surface area contributed by atoms with Crippen molar-refractivity contribution in [3.63, 3.8) is 0 Å². The second-order valence-corrected chi connectivity index (χ2v) is 8.66. The van der Waals surface area contributed by atoms with Gasteiger partial charge >= 0.3 is 0 Å². The monoisotopic (exact) mass is 421 g/mol. The molecule has 4 rings (SSSR count). The average molecular weight is 422 g/mol. The topological polar surface area (TPSA) is 81.8 Å². The Hall–Kier alpha value is -2.96. The third kappa shape index (κ3) is 5.40. The number of rotatable bonds is 8. The fourth-order valence-corrected chi connectivity index (χ4v) is 4.36. The van der Waals surface area contributed by atoms with Crippen molar-refractivity contribution in [1.29, 1.82) is 0 Å². The predicted octanol–water partition coefficient (Wildman–Crippen LogP) is 3.43. The number of hydrogen-bond donors (Lipinski definition) is 1. The van der Waals surface area contributed by atoms with E-state index in [0.29, 0.717) is 43.0 Å². The van der Waals surface area contributed by atoms with Crippen LogP contribution in [0.3, 0.4) is 0 Å². The van der Waals surface area contributed by atoms with Crippen molar-refractivity contribution in [2.45, 2.75) is 65.0 Å². The van der Waals surface area contributed by atoms with Gasteiger partial charge in [0.05, 0.1) is 19.3 Å². The van der Waals surface area contributed by atoms with Crippen LogP contribution in [0.1, 0.15) is 56.1 Å². The zero-order valence-corrected chi connectivity index (χ0v) is 18.2. The average Bonchev–Trinajstić information content (AvgIpc) is 3.20. The lowest BCUT2D eigenvalue weighted by atomic mass is 9.86. The Kier molecular flexibility index (Phi) is 6.79. The lowest BCUT2D eigenvalue weighted by molar-refractivity contribution is -0.121. The summed E-state index contributed by atoms with van der Waals surface area (Å²) in [7, 11) is 0. The number of amides is 1. The molecule has 31 heavy (non-hydrogen) atoms. The molecule has 1 aromatic carbocycles. The summed E-state index contributed by atoms with van der Waals surface area (Å²) in [5.74, 6) is 0.802. The largest absolute Gasteiger partial charge is 0.354 e. The Balaban J connectivity index is 1.32. The smallest absolute Gasteiger partial charge is 0.264 e. The SMILES string of the molecule is Cc1ccc(Cn2cnc3c(cnn3CCNC(=O)CCC3CCCCC3)c2=O)cc1. The van der Waals surface area contributed by atoms with Gasteiger partial charge in [0.1, 0.15) is 11.7 Å². The van der Waals surface area contributed by atoms with E-state index in [-0.39, 0.29) is 11.5 Å². The zero-order valence-electron chi connectivity index (χ0n) is 18.2. The number of nitrogens with zero attached hydrogens (tertiary/aromatic N) is 4. The van der Waals surface area contributed by atoms with Crippen LogP contribution >= 0.6 is 0 Å². The Labute approximate surface area is 182 Å². The number of carbonyl (C=O) groups excluding carboxylic acids is 1. The molecule has 1 amide bonds. The van der Waals surface area contributed by atoms with E-state index in [0.717, 1.165) is 12.0 Å². The van der Waals surface area contributed by atoms with E-state index in [1.807, 2.05) is 31.2 Å². The molecular formula is C24H31N5O2. The Bertz CT molecular complexity index is 1080. The molecule has 2 heterocycles. The molecular weight excluding hydrogens is 390 g/mol. The van der Waals surface area contributed by atoms with Gasteiger partial charge in [-0.25, -0.2) is 9.67 Å². The molecule has 1 aliphatic carbocycles. The summed E-state index contributed by atoms with van der Waals surface area (Å²) >= 11 is 0. The molecule has 0 unspecified atom stereocenters. The van der Waals surface area contributed by atoms with E-state index in [9.17, 15) is 9.59 Å². The van der Waals surface area contributed by atoms with E-state index in [1.165, 1.54) is 37.7 Å². The number of nitrogens with one attached hydrogen (secondary N) is 1. The van der Waals surface area contributed by atoms with Gasteiger partial charge < -0.3 is 5.32 Å². The fourth-order valence-electron chi connectivity index (χ4n) is 4.36. The van der Waals surface area contributed by atoms with Crippen LogP contribution in [-0.4, -0.2) is 31.8 Å². The molecule has 1 N–H and O–H groups in total. The molecule has 2 aromatic heterocycles. The normalized spacial score (nSPS) is 14.7. The second kappa shape index (κ2) is 9.90. The van der Waals surface area contributed by atoms with Crippen molar-refractivity contribution in [2.24, 2.45) is 5.92 Å². The lowest BCUT2D eigenvalue weighted by Gasteiger charge is -2.20. The molecule has 0 atom stereocenters. The van der Waals surface area contributed by atoms with E-state index < -0.39 is 0 Å². The molecule has 1 fully saturated rings.